The molecule has 0 fully saturated rings. The molecule has 22 heteroatoms. The molecule has 0 aliphatic carbocycles. The van der Waals surface area contributed by atoms with Crippen molar-refractivity contribution in [2.75, 3.05) is 43.8 Å². The van der Waals surface area contributed by atoms with Gasteiger partial charge in [-0.2, -0.15) is 0 Å². The summed E-state index contributed by atoms with van der Waals surface area (Å²) in [6.07, 6.45) is 7.88. The number of nitrogens with zero attached hydrogens (tertiary/aromatic N) is 8. The molecule has 0 radical (unpaired) electrons. The normalized spacial score (nSPS) is 11.7. The summed E-state index contributed by atoms with van der Waals surface area (Å²) < 4.78 is 76.6. The Kier molecular flexibility index (Phi) is 15.4. The third-order valence-corrected chi connectivity index (χ3v) is 7.33. The summed E-state index contributed by atoms with van der Waals surface area (Å²) in [5, 5.41) is 3.57. The van der Waals surface area contributed by atoms with Crippen LogP contribution in [0.1, 0.15) is 0 Å². The van der Waals surface area contributed by atoms with Crippen LogP contribution in [-0.4, -0.2) is 107 Å². The fourth-order valence-corrected chi connectivity index (χ4v) is 5.46. The molecule has 0 spiro atoms. The average Bonchev–Trinajstić information content (AvgIpc) is 3.85. The molecule has 0 amide bonds. The van der Waals surface area contributed by atoms with Crippen LogP contribution < -0.4 is 9.97 Å². The van der Waals surface area contributed by atoms with Gasteiger partial charge >= 0.3 is 19.5 Å². The Morgan fingerprint density at radius 3 is 0.705 bits per heavy atom. The molecule has 16 nitrogen and oxygen atoms in total. The van der Waals surface area contributed by atoms with Gasteiger partial charge in [0.25, 0.3) is 0 Å². The van der Waals surface area contributed by atoms with Crippen molar-refractivity contribution in [1.29, 1.82) is 0 Å². The zero-order valence-corrected chi connectivity index (χ0v) is 40.8. The number of fused-ring (bicyclic) bond motifs is 20. The molecule has 5 heterocycles. The van der Waals surface area contributed by atoms with Crippen LogP contribution in [0.15, 0.2) is 97.1 Å². The molecule has 3 aromatic heterocycles. The van der Waals surface area contributed by atoms with Crippen LogP contribution in [0.5, 0.6) is 0 Å². The molecular formula is C39H37ClN8O8S4Zn. The number of hydrogen-bond acceptors (Lipinski definition) is 14. The summed E-state index contributed by atoms with van der Waals surface area (Å²) in [5.74, 6) is 2.21. The average molecular weight is 975 g/mol. The van der Waals surface area contributed by atoms with Crippen LogP contribution in [0, 0.1) is 0 Å². The first kappa shape index (κ1) is 48.6. The SMILES string of the molecule is CS(=O)(=O)Cl.CS(C)(=O)=O.CS(C)(=O)=O.CS(C)(=O)=O.[Zn+2].c1ccc2c(c1)-c1nc-2nc2[n-]c(nc3nc(nc4[n-]c(n1)c1ccccc41)-c1ccccc1-3)c1ccccc21. The molecule has 2 aliphatic heterocycles. The number of sulfone groups is 3. The first-order valence-corrected chi connectivity index (χ1v) is 26.8. The molecule has 0 saturated carbocycles. The number of hydrogen-bond donors (Lipinski definition) is 0. The molecule has 314 valence electrons. The van der Waals surface area contributed by atoms with Crippen molar-refractivity contribution in [2.45, 2.75) is 0 Å². The molecule has 0 atom stereocenters. The molecule has 0 unspecified atom stereocenters. The Labute approximate surface area is 370 Å². The van der Waals surface area contributed by atoms with Crippen LogP contribution in [-0.2, 0) is 58.0 Å². The van der Waals surface area contributed by atoms with Gasteiger partial charge in [0.05, 0.1) is 29.6 Å². The Hall–Kier alpha value is -5.05. The minimum atomic E-state index is -3.19. The van der Waals surface area contributed by atoms with Gasteiger partial charge in [-0.3, -0.25) is 0 Å². The summed E-state index contributed by atoms with van der Waals surface area (Å²) in [6, 6.07) is 31.8. The van der Waals surface area contributed by atoms with Gasteiger partial charge in [-0.1, -0.05) is 97.1 Å². The fraction of sp³-hybridized carbons (Fsp3) is 0.179. The maximum Gasteiger partial charge on any atom is 2.00 e. The van der Waals surface area contributed by atoms with E-state index in [2.05, 4.69) is 10.7 Å². The maximum atomic E-state index is 9.63. The van der Waals surface area contributed by atoms with Gasteiger partial charge in [0.1, 0.15) is 29.5 Å². The molecule has 4 aromatic carbocycles. The summed E-state index contributed by atoms with van der Waals surface area (Å²) in [5.41, 5.74) is 5.78. The van der Waals surface area contributed by atoms with Crippen molar-refractivity contribution >= 4 is 93.4 Å². The van der Waals surface area contributed by atoms with Crippen LogP contribution in [0.3, 0.4) is 0 Å². The van der Waals surface area contributed by atoms with Crippen molar-refractivity contribution in [3.05, 3.63) is 97.1 Å². The number of halogens is 1. The van der Waals surface area contributed by atoms with Gasteiger partial charge in [-0.05, 0) is 21.5 Å². The number of benzene rings is 4. The minimum Gasteiger partial charge on any atom is -0.357 e. The van der Waals surface area contributed by atoms with E-state index < -0.39 is 38.6 Å². The second-order valence-electron chi connectivity index (χ2n) is 13.8. The van der Waals surface area contributed by atoms with E-state index in [1.807, 2.05) is 97.1 Å². The molecule has 61 heavy (non-hydrogen) atoms. The van der Waals surface area contributed by atoms with E-state index >= 15 is 0 Å². The van der Waals surface area contributed by atoms with E-state index in [4.69, 9.17) is 39.9 Å². The summed E-state index contributed by atoms with van der Waals surface area (Å²) in [6.45, 7) is 0. The first-order valence-electron chi connectivity index (χ1n) is 17.2. The van der Waals surface area contributed by atoms with Gasteiger partial charge in [-0.15, -0.1) is 0 Å². The molecule has 8 bridgehead atoms. The largest absolute Gasteiger partial charge is 2.00 e. The summed E-state index contributed by atoms with van der Waals surface area (Å²) >= 11 is 0. The van der Waals surface area contributed by atoms with Crippen molar-refractivity contribution in [3.63, 3.8) is 0 Å². The molecular weight excluding hydrogens is 938 g/mol. The molecule has 2 aliphatic rings. The van der Waals surface area contributed by atoms with E-state index in [1.54, 1.807) is 0 Å². The van der Waals surface area contributed by atoms with Crippen molar-refractivity contribution in [3.8, 4) is 45.6 Å². The Balaban J connectivity index is 0.000000329. The van der Waals surface area contributed by atoms with E-state index in [1.165, 1.54) is 0 Å². The van der Waals surface area contributed by atoms with Crippen molar-refractivity contribution in [1.82, 2.24) is 39.9 Å². The van der Waals surface area contributed by atoms with Crippen molar-refractivity contribution < 1.29 is 53.1 Å². The minimum absolute atomic E-state index is 0. The quantitative estimate of drug-likeness (QED) is 0.138. The smallest absolute Gasteiger partial charge is 0.357 e. The Morgan fingerprint density at radius 2 is 0.525 bits per heavy atom. The zero-order chi connectivity index (χ0) is 44.2. The van der Waals surface area contributed by atoms with E-state index in [9.17, 15) is 33.7 Å². The molecule has 0 N–H and O–H groups in total. The molecule has 0 saturated heterocycles. The summed E-state index contributed by atoms with van der Waals surface area (Å²) in [4.78, 5) is 39.3. The Bertz CT molecular complexity index is 2930. The van der Waals surface area contributed by atoms with Crippen LogP contribution in [0.25, 0.3) is 89.7 Å². The van der Waals surface area contributed by atoms with E-state index in [-0.39, 0.29) is 19.5 Å². The third-order valence-electron chi connectivity index (χ3n) is 7.33. The molecule has 9 rings (SSSR count). The Morgan fingerprint density at radius 1 is 0.361 bits per heavy atom. The molecule has 7 aromatic rings. The van der Waals surface area contributed by atoms with Gasteiger partial charge in [0, 0.05) is 93.1 Å². The van der Waals surface area contributed by atoms with Crippen molar-refractivity contribution in [2.24, 2.45) is 0 Å². The van der Waals surface area contributed by atoms with Crippen LogP contribution in [0.2, 0.25) is 0 Å². The zero-order valence-electron chi connectivity index (χ0n) is 33.8. The number of rotatable bonds is 0. The topological polar surface area (TPSA) is 242 Å². The van der Waals surface area contributed by atoms with Gasteiger partial charge in [0.2, 0.25) is 9.05 Å². The van der Waals surface area contributed by atoms with Crippen LogP contribution >= 0.6 is 10.7 Å². The fourth-order valence-electron chi connectivity index (χ4n) is 5.46. The van der Waals surface area contributed by atoms with E-state index in [0.29, 0.717) is 45.9 Å². The van der Waals surface area contributed by atoms with E-state index in [0.717, 1.165) is 87.6 Å². The van der Waals surface area contributed by atoms with Gasteiger partial charge in [-0.25, -0.2) is 43.6 Å². The summed E-state index contributed by atoms with van der Waals surface area (Å²) in [7, 11) is -6.69. The van der Waals surface area contributed by atoms with Gasteiger partial charge in [0.15, 0.2) is 0 Å². The number of aromatic nitrogens is 8. The van der Waals surface area contributed by atoms with Gasteiger partial charge < -0.3 is 29.9 Å². The van der Waals surface area contributed by atoms with Crippen LogP contribution in [0.4, 0.5) is 0 Å². The third kappa shape index (κ3) is 14.5. The predicted octanol–water partition coefficient (Wildman–Crippen LogP) is 5.29. The standard InChI is InChI=1S/C32H16N8.3C2H6O2S.CH3ClO2S.Zn/c1-2-10-18-17(9-1)25-33-26(18)38-28-21-13-5-6-14-22(21)30(35-28)40-32-24-16-8-7-15-23(24)31(36-32)39-29-20-12-4-3-11-19(20)27(34-29)37-25;4*1-5(2,3)4;/h1-16H;3*1-2H3;1H3;/q-2;;;;;+2. The maximum absolute atomic E-state index is 9.63. The first-order chi connectivity index (χ1) is 27.8. The second kappa shape index (κ2) is 19.3. The predicted molar refractivity (Wildman–Crippen MR) is 237 cm³/mol. The monoisotopic (exact) mass is 972 g/mol. The second-order valence-corrected chi connectivity index (χ2v) is 23.7.